The van der Waals surface area contributed by atoms with Crippen molar-refractivity contribution in [2.75, 3.05) is 35.8 Å². The summed E-state index contributed by atoms with van der Waals surface area (Å²) in [6.45, 7) is 1.60. The zero-order chi connectivity index (χ0) is 30.7. The maximum Gasteiger partial charge on any atom is 0.299 e. The van der Waals surface area contributed by atoms with Crippen LogP contribution in [0.4, 0.5) is 17.1 Å². The van der Waals surface area contributed by atoms with Crippen LogP contribution in [-0.2, 0) is 20.9 Å². The lowest BCUT2D eigenvalue weighted by molar-refractivity contribution is -0.139. The van der Waals surface area contributed by atoms with Gasteiger partial charge in [-0.05, 0) is 72.1 Å². The molecule has 9 heteroatoms. The number of para-hydroxylation sites is 1. The maximum absolute atomic E-state index is 14.2. The molecule has 1 heterocycles. The molecule has 0 saturated carbocycles. The van der Waals surface area contributed by atoms with Gasteiger partial charge in [0.05, 0.1) is 11.3 Å². The summed E-state index contributed by atoms with van der Waals surface area (Å²) >= 11 is 6.19. The van der Waals surface area contributed by atoms with Crippen LogP contribution in [0, 0.1) is 6.92 Å². The van der Waals surface area contributed by atoms with Crippen LogP contribution >= 0.6 is 11.6 Å². The molecule has 0 aromatic heterocycles. The molecule has 0 bridgehead atoms. The van der Waals surface area contributed by atoms with E-state index in [9.17, 15) is 19.2 Å². The maximum atomic E-state index is 14.2. The number of amides is 3. The number of Topliss-reactive ketones (excluding diaryl/α,β-unsaturated/α-hetero) is 1. The molecule has 0 fully saturated rings. The second-order valence-electron chi connectivity index (χ2n) is 10.6. The lowest BCUT2D eigenvalue weighted by atomic mass is 10.0. The van der Waals surface area contributed by atoms with Crippen molar-refractivity contribution in [2.45, 2.75) is 19.5 Å². The van der Waals surface area contributed by atoms with Crippen LogP contribution in [0.3, 0.4) is 0 Å². The van der Waals surface area contributed by atoms with Gasteiger partial charge in [-0.1, -0.05) is 60.1 Å². The first-order valence-electron chi connectivity index (χ1n) is 13.8. The average Bonchev–Trinajstić information content (AvgIpc) is 3.23. The van der Waals surface area contributed by atoms with Crippen molar-refractivity contribution >= 4 is 52.2 Å². The van der Waals surface area contributed by atoms with Gasteiger partial charge < -0.3 is 15.1 Å². The number of aryl methyl sites for hydroxylation is 1. The predicted molar refractivity (Wildman–Crippen MR) is 168 cm³/mol. The second kappa shape index (κ2) is 12.5. The second-order valence-corrected chi connectivity index (χ2v) is 11.0. The van der Waals surface area contributed by atoms with Crippen LogP contribution in [0.2, 0.25) is 5.02 Å². The van der Waals surface area contributed by atoms with E-state index in [0.717, 1.165) is 16.8 Å². The number of benzene rings is 4. The van der Waals surface area contributed by atoms with Gasteiger partial charge in [0.25, 0.3) is 17.6 Å². The Morgan fingerprint density at radius 2 is 1.51 bits per heavy atom. The molecule has 8 nitrogen and oxygen atoms in total. The number of hydrogen-bond donors (Lipinski definition) is 1. The number of anilines is 3. The van der Waals surface area contributed by atoms with E-state index in [1.807, 2.05) is 62.3 Å². The highest BCUT2D eigenvalue weighted by molar-refractivity contribution is 6.52. The molecule has 43 heavy (non-hydrogen) atoms. The lowest BCUT2D eigenvalue weighted by Crippen LogP contribution is -2.46. The molecule has 1 N–H and O–H groups in total. The Balaban J connectivity index is 1.55. The van der Waals surface area contributed by atoms with Crippen LogP contribution in [0.15, 0.2) is 97.1 Å². The van der Waals surface area contributed by atoms with Gasteiger partial charge in [-0.25, -0.2) is 0 Å². The minimum atomic E-state index is -1.08. The number of fused-ring (bicyclic) bond motifs is 1. The van der Waals surface area contributed by atoms with Gasteiger partial charge in [0.15, 0.2) is 0 Å². The summed E-state index contributed by atoms with van der Waals surface area (Å²) in [7, 11) is 3.85. The molecule has 1 aliphatic rings. The van der Waals surface area contributed by atoms with Gasteiger partial charge in [0, 0.05) is 37.0 Å². The Kier molecular flexibility index (Phi) is 8.59. The molecular formula is C34H31ClN4O4. The molecule has 0 saturated heterocycles. The third kappa shape index (κ3) is 6.29. The van der Waals surface area contributed by atoms with Crippen LogP contribution in [-0.4, -0.2) is 49.0 Å². The van der Waals surface area contributed by atoms with Crippen molar-refractivity contribution in [3.05, 3.63) is 124 Å². The summed E-state index contributed by atoms with van der Waals surface area (Å²) in [4.78, 5) is 58.6. The monoisotopic (exact) mass is 594 g/mol. The van der Waals surface area contributed by atoms with E-state index in [1.54, 1.807) is 60.7 Å². The first kappa shape index (κ1) is 29.5. The fourth-order valence-electron chi connectivity index (χ4n) is 5.10. The Bertz CT molecular complexity index is 1690. The molecule has 3 amide bonds. The highest BCUT2D eigenvalue weighted by atomic mass is 35.5. The summed E-state index contributed by atoms with van der Waals surface area (Å²) in [6, 6.07) is 27.2. The van der Waals surface area contributed by atoms with Crippen molar-refractivity contribution in [3.8, 4) is 0 Å². The van der Waals surface area contributed by atoms with E-state index >= 15 is 0 Å². The highest BCUT2D eigenvalue weighted by Crippen LogP contribution is 2.31. The van der Waals surface area contributed by atoms with Gasteiger partial charge in [0.2, 0.25) is 5.91 Å². The summed E-state index contributed by atoms with van der Waals surface area (Å²) in [6.07, 6.45) is 0. The smallest absolute Gasteiger partial charge is 0.299 e. The molecule has 0 unspecified atom stereocenters. The Labute approximate surface area is 255 Å². The quantitative estimate of drug-likeness (QED) is 0.253. The average molecular weight is 595 g/mol. The first-order valence-corrected chi connectivity index (χ1v) is 14.1. The predicted octanol–water partition coefficient (Wildman–Crippen LogP) is 5.65. The molecule has 1 atom stereocenters. The van der Waals surface area contributed by atoms with Crippen LogP contribution < -0.4 is 15.1 Å². The van der Waals surface area contributed by atoms with E-state index in [-0.39, 0.29) is 12.1 Å². The topological polar surface area (TPSA) is 90.0 Å². The standard InChI is InChI=1S/C34H31ClN4O4/c1-22-8-4-5-9-24(22)20-39(30(40)21-38-29-11-7-6-10-28(29)32(41)34(38)43)31(23-12-14-25(35)15-13-23)33(42)36-26-16-18-27(19-17-26)37(2)3/h4-19,31H,20-21H2,1-3H3,(H,36,42)/t31-/m1/s1. The Hall–Kier alpha value is -4.95. The number of carbonyl (C=O) groups excluding carboxylic acids is 4. The normalized spacial score (nSPS) is 13.0. The molecule has 1 aliphatic heterocycles. The largest absolute Gasteiger partial charge is 0.378 e. The molecule has 0 radical (unpaired) electrons. The minimum Gasteiger partial charge on any atom is -0.378 e. The number of rotatable bonds is 9. The van der Waals surface area contributed by atoms with Crippen molar-refractivity contribution in [1.82, 2.24) is 4.90 Å². The third-order valence-electron chi connectivity index (χ3n) is 7.49. The summed E-state index contributed by atoms with van der Waals surface area (Å²) in [5.74, 6) is -2.38. The van der Waals surface area contributed by atoms with Crippen molar-refractivity contribution in [2.24, 2.45) is 0 Å². The van der Waals surface area contributed by atoms with E-state index in [1.165, 1.54) is 9.80 Å². The number of halogens is 1. The van der Waals surface area contributed by atoms with Gasteiger partial charge >= 0.3 is 0 Å². The van der Waals surface area contributed by atoms with E-state index in [4.69, 9.17) is 11.6 Å². The molecule has 218 valence electrons. The summed E-state index contributed by atoms with van der Waals surface area (Å²) in [5.41, 5.74) is 4.46. The Morgan fingerprint density at radius 3 is 2.19 bits per heavy atom. The molecule has 4 aromatic rings. The van der Waals surface area contributed by atoms with Crippen molar-refractivity contribution < 1.29 is 19.2 Å². The van der Waals surface area contributed by atoms with Crippen molar-refractivity contribution in [3.63, 3.8) is 0 Å². The first-order chi connectivity index (χ1) is 20.6. The Morgan fingerprint density at radius 1 is 0.860 bits per heavy atom. The minimum absolute atomic E-state index is 0.0867. The summed E-state index contributed by atoms with van der Waals surface area (Å²) < 4.78 is 0. The number of carbonyl (C=O) groups is 4. The molecule has 5 rings (SSSR count). The summed E-state index contributed by atoms with van der Waals surface area (Å²) in [5, 5.41) is 3.45. The fourth-order valence-corrected chi connectivity index (χ4v) is 5.22. The highest BCUT2D eigenvalue weighted by Gasteiger charge is 2.39. The SMILES string of the molecule is Cc1ccccc1CN(C(=O)CN1C(=O)C(=O)c2ccccc21)[C@@H](C(=O)Nc1ccc(N(C)C)cc1)c1ccc(Cl)cc1. The van der Waals surface area contributed by atoms with Crippen LogP contribution in [0.1, 0.15) is 33.1 Å². The number of hydrogen-bond acceptors (Lipinski definition) is 5. The van der Waals surface area contributed by atoms with Gasteiger partial charge in [-0.2, -0.15) is 0 Å². The van der Waals surface area contributed by atoms with Gasteiger partial charge in [-0.15, -0.1) is 0 Å². The molecular weight excluding hydrogens is 564 g/mol. The third-order valence-corrected chi connectivity index (χ3v) is 7.74. The number of ketones is 1. The van der Waals surface area contributed by atoms with E-state index in [0.29, 0.717) is 22.0 Å². The van der Waals surface area contributed by atoms with Crippen LogP contribution in [0.5, 0.6) is 0 Å². The van der Waals surface area contributed by atoms with E-state index < -0.39 is 36.1 Å². The zero-order valence-electron chi connectivity index (χ0n) is 24.1. The lowest BCUT2D eigenvalue weighted by Gasteiger charge is -2.33. The number of nitrogens with one attached hydrogen (secondary N) is 1. The zero-order valence-corrected chi connectivity index (χ0v) is 24.8. The van der Waals surface area contributed by atoms with E-state index in [2.05, 4.69) is 5.32 Å². The van der Waals surface area contributed by atoms with Crippen molar-refractivity contribution in [1.29, 1.82) is 0 Å². The van der Waals surface area contributed by atoms with Gasteiger partial charge in [0.1, 0.15) is 12.6 Å². The molecule has 4 aromatic carbocycles. The fraction of sp³-hybridized carbons (Fsp3) is 0.176. The van der Waals surface area contributed by atoms with Gasteiger partial charge in [-0.3, -0.25) is 24.1 Å². The van der Waals surface area contributed by atoms with Crippen LogP contribution in [0.25, 0.3) is 0 Å². The number of nitrogens with zero attached hydrogens (tertiary/aromatic N) is 3. The molecule has 0 spiro atoms. The molecule has 0 aliphatic carbocycles.